The molecular formula is C16H12N4O6. The number of hydrogen-bond acceptors (Lipinski definition) is 7. The first-order chi connectivity index (χ1) is 12.5. The van der Waals surface area contributed by atoms with Gasteiger partial charge in [0.1, 0.15) is 11.9 Å². The quantitative estimate of drug-likeness (QED) is 0.362. The number of nitrogens with one attached hydrogen (secondary N) is 2. The molecule has 2 heterocycles. The number of urea groups is 1. The van der Waals surface area contributed by atoms with E-state index in [0.29, 0.717) is 17.1 Å². The summed E-state index contributed by atoms with van der Waals surface area (Å²) in [5.41, 5.74) is 0.559. The zero-order valence-corrected chi connectivity index (χ0v) is 13.4. The fourth-order valence-corrected chi connectivity index (χ4v) is 2.16. The van der Waals surface area contributed by atoms with Crippen LogP contribution in [0, 0.1) is 10.1 Å². The molecule has 1 aliphatic heterocycles. The molecule has 3 amide bonds. The molecule has 0 saturated carbocycles. The van der Waals surface area contributed by atoms with Crippen LogP contribution >= 0.6 is 0 Å². The number of rotatable bonds is 5. The van der Waals surface area contributed by atoms with E-state index in [9.17, 15) is 19.7 Å². The molecule has 0 atom stereocenters. The standard InChI is InChI=1S/C16H12N4O6/c1-25-13-7-9(6-11-15(21)19-16(22)18-11)2-4-12(13)26-14-5-3-10(8-17-14)20(23)24/h2-8H,1H3,(H2,18,19,21,22)/b11-6-. The number of hydrogen-bond donors (Lipinski definition) is 2. The number of amides is 3. The van der Waals surface area contributed by atoms with Crippen LogP contribution in [-0.4, -0.2) is 29.0 Å². The van der Waals surface area contributed by atoms with E-state index < -0.39 is 16.9 Å². The Kier molecular flexibility index (Phi) is 4.48. The van der Waals surface area contributed by atoms with Gasteiger partial charge < -0.3 is 14.8 Å². The number of imide groups is 1. The zero-order valence-electron chi connectivity index (χ0n) is 13.4. The van der Waals surface area contributed by atoms with E-state index in [4.69, 9.17) is 9.47 Å². The molecule has 0 spiro atoms. The first-order valence-electron chi connectivity index (χ1n) is 7.26. The number of pyridine rings is 1. The molecule has 0 unspecified atom stereocenters. The number of ether oxygens (including phenoxy) is 2. The summed E-state index contributed by atoms with van der Waals surface area (Å²) in [6.45, 7) is 0. The minimum Gasteiger partial charge on any atom is -0.493 e. The van der Waals surface area contributed by atoms with Crippen LogP contribution in [0.4, 0.5) is 10.5 Å². The Hall–Kier alpha value is -3.95. The van der Waals surface area contributed by atoms with Crippen LogP contribution in [0.15, 0.2) is 42.2 Å². The molecule has 132 valence electrons. The summed E-state index contributed by atoms with van der Waals surface area (Å²) < 4.78 is 10.8. The second-order valence-corrected chi connectivity index (χ2v) is 5.09. The number of benzene rings is 1. The summed E-state index contributed by atoms with van der Waals surface area (Å²) in [6, 6.07) is 6.89. The molecule has 1 aromatic heterocycles. The van der Waals surface area contributed by atoms with Crippen molar-refractivity contribution in [1.29, 1.82) is 0 Å². The Morgan fingerprint density at radius 2 is 1.96 bits per heavy atom. The Labute approximate surface area is 146 Å². The SMILES string of the molecule is COc1cc(/C=C2\NC(=O)NC2=O)ccc1Oc1ccc([N+](=O)[O-])cn1. The summed E-state index contributed by atoms with van der Waals surface area (Å²) >= 11 is 0. The smallest absolute Gasteiger partial charge is 0.326 e. The largest absolute Gasteiger partial charge is 0.493 e. The van der Waals surface area contributed by atoms with Gasteiger partial charge in [-0.2, -0.15) is 0 Å². The maximum absolute atomic E-state index is 11.6. The van der Waals surface area contributed by atoms with Crippen molar-refractivity contribution < 1.29 is 24.0 Å². The van der Waals surface area contributed by atoms with E-state index in [2.05, 4.69) is 15.6 Å². The summed E-state index contributed by atoms with van der Waals surface area (Å²) in [6.07, 6.45) is 2.57. The molecule has 0 radical (unpaired) electrons. The predicted octanol–water partition coefficient (Wildman–Crippen LogP) is 1.97. The maximum Gasteiger partial charge on any atom is 0.326 e. The number of nitro groups is 1. The van der Waals surface area contributed by atoms with Crippen molar-refractivity contribution in [2.24, 2.45) is 0 Å². The summed E-state index contributed by atoms with van der Waals surface area (Å²) in [4.78, 5) is 36.6. The zero-order chi connectivity index (χ0) is 18.7. The number of nitrogens with zero attached hydrogens (tertiary/aromatic N) is 2. The molecular weight excluding hydrogens is 344 g/mol. The minimum absolute atomic E-state index is 0.114. The van der Waals surface area contributed by atoms with Gasteiger partial charge in [-0.05, 0) is 23.8 Å². The van der Waals surface area contributed by atoms with Gasteiger partial charge >= 0.3 is 6.03 Å². The summed E-state index contributed by atoms with van der Waals surface area (Å²) in [5.74, 6) is 0.312. The van der Waals surface area contributed by atoms with Crippen LogP contribution in [0.2, 0.25) is 0 Å². The lowest BCUT2D eigenvalue weighted by molar-refractivity contribution is -0.385. The van der Waals surface area contributed by atoms with Crippen LogP contribution in [0.1, 0.15) is 5.56 Å². The number of carbonyl (C=O) groups excluding carboxylic acids is 2. The summed E-state index contributed by atoms with van der Waals surface area (Å²) in [7, 11) is 1.44. The minimum atomic E-state index is -0.586. The molecule has 10 nitrogen and oxygen atoms in total. The average molecular weight is 356 g/mol. The third-order valence-corrected chi connectivity index (χ3v) is 3.36. The van der Waals surface area contributed by atoms with Crippen LogP contribution in [0.25, 0.3) is 6.08 Å². The first-order valence-corrected chi connectivity index (χ1v) is 7.26. The van der Waals surface area contributed by atoms with E-state index in [0.717, 1.165) is 6.20 Å². The molecule has 0 bridgehead atoms. The second kappa shape index (κ2) is 6.89. The highest BCUT2D eigenvalue weighted by Crippen LogP contribution is 2.32. The Bertz CT molecular complexity index is 923. The predicted molar refractivity (Wildman–Crippen MR) is 88.6 cm³/mol. The van der Waals surface area contributed by atoms with Crippen LogP contribution in [0.5, 0.6) is 17.4 Å². The van der Waals surface area contributed by atoms with Gasteiger partial charge in [-0.3, -0.25) is 20.2 Å². The van der Waals surface area contributed by atoms with Crippen molar-refractivity contribution in [3.63, 3.8) is 0 Å². The molecule has 10 heteroatoms. The summed E-state index contributed by atoms with van der Waals surface area (Å²) in [5, 5.41) is 15.1. The molecule has 2 aromatic rings. The lowest BCUT2D eigenvalue weighted by Crippen LogP contribution is -2.22. The Morgan fingerprint density at radius 1 is 1.15 bits per heavy atom. The average Bonchev–Trinajstić information content (AvgIpc) is 2.93. The molecule has 2 N–H and O–H groups in total. The fourth-order valence-electron chi connectivity index (χ4n) is 2.16. The maximum atomic E-state index is 11.6. The normalized spacial score (nSPS) is 14.7. The van der Waals surface area contributed by atoms with Crippen molar-refractivity contribution in [1.82, 2.24) is 15.6 Å². The van der Waals surface area contributed by atoms with Gasteiger partial charge in [0.2, 0.25) is 5.88 Å². The van der Waals surface area contributed by atoms with Gasteiger partial charge in [0.15, 0.2) is 11.5 Å². The van der Waals surface area contributed by atoms with Crippen molar-refractivity contribution in [3.05, 3.63) is 57.9 Å². The third kappa shape index (κ3) is 3.59. The van der Waals surface area contributed by atoms with Crippen molar-refractivity contribution in [2.75, 3.05) is 7.11 Å². The lowest BCUT2D eigenvalue weighted by Gasteiger charge is -2.10. The monoisotopic (exact) mass is 356 g/mol. The third-order valence-electron chi connectivity index (χ3n) is 3.36. The molecule has 3 rings (SSSR count). The topological polar surface area (TPSA) is 133 Å². The van der Waals surface area contributed by atoms with Crippen molar-refractivity contribution in [2.45, 2.75) is 0 Å². The fraction of sp³-hybridized carbons (Fsp3) is 0.0625. The van der Waals surface area contributed by atoms with Crippen molar-refractivity contribution >= 4 is 23.7 Å². The highest BCUT2D eigenvalue weighted by atomic mass is 16.6. The van der Waals surface area contributed by atoms with Gasteiger partial charge in [0.25, 0.3) is 11.6 Å². The van der Waals surface area contributed by atoms with E-state index in [-0.39, 0.29) is 17.3 Å². The van der Waals surface area contributed by atoms with Crippen LogP contribution < -0.4 is 20.1 Å². The molecule has 26 heavy (non-hydrogen) atoms. The molecule has 1 aliphatic rings. The first kappa shape index (κ1) is 16.9. The second-order valence-electron chi connectivity index (χ2n) is 5.09. The van der Waals surface area contributed by atoms with Gasteiger partial charge in [0, 0.05) is 12.1 Å². The van der Waals surface area contributed by atoms with Gasteiger partial charge in [-0.1, -0.05) is 6.07 Å². The highest BCUT2D eigenvalue weighted by molar-refractivity contribution is 6.14. The number of aromatic nitrogens is 1. The number of carbonyl (C=O) groups is 2. The van der Waals surface area contributed by atoms with Crippen molar-refractivity contribution in [3.8, 4) is 17.4 Å². The molecule has 1 fully saturated rings. The van der Waals surface area contributed by atoms with Crippen LogP contribution in [-0.2, 0) is 4.79 Å². The van der Waals surface area contributed by atoms with Gasteiger partial charge in [-0.25, -0.2) is 9.78 Å². The molecule has 1 saturated heterocycles. The van der Waals surface area contributed by atoms with Gasteiger partial charge in [-0.15, -0.1) is 0 Å². The van der Waals surface area contributed by atoms with E-state index in [1.54, 1.807) is 18.2 Å². The Morgan fingerprint density at radius 3 is 2.54 bits per heavy atom. The molecule has 1 aromatic carbocycles. The van der Waals surface area contributed by atoms with Crippen LogP contribution in [0.3, 0.4) is 0 Å². The lowest BCUT2D eigenvalue weighted by atomic mass is 10.1. The van der Waals surface area contributed by atoms with E-state index >= 15 is 0 Å². The Balaban J connectivity index is 1.83. The number of methoxy groups -OCH3 is 1. The van der Waals surface area contributed by atoms with Gasteiger partial charge in [0.05, 0.1) is 12.0 Å². The molecule has 0 aliphatic carbocycles. The van der Waals surface area contributed by atoms with E-state index in [1.807, 2.05) is 0 Å². The highest BCUT2D eigenvalue weighted by Gasteiger charge is 2.22. The van der Waals surface area contributed by atoms with E-state index in [1.165, 1.54) is 25.3 Å².